The Bertz CT molecular complexity index is 209. The van der Waals surface area contributed by atoms with Gasteiger partial charge in [-0.1, -0.05) is 6.92 Å². The van der Waals surface area contributed by atoms with Gasteiger partial charge < -0.3 is 10.2 Å². The van der Waals surface area contributed by atoms with Gasteiger partial charge in [-0.3, -0.25) is 0 Å². The van der Waals surface area contributed by atoms with Gasteiger partial charge in [-0.25, -0.2) is 0 Å². The molecule has 2 N–H and O–H groups in total. The summed E-state index contributed by atoms with van der Waals surface area (Å²) in [5.74, 6) is 0.842. The van der Waals surface area contributed by atoms with Crippen LogP contribution in [0.15, 0.2) is 21.2 Å². The van der Waals surface area contributed by atoms with E-state index in [1.54, 1.807) is 0 Å². The molecular weight excluding hydrogens is 194 g/mol. The summed E-state index contributed by atoms with van der Waals surface area (Å²) in [6.45, 7) is 2.03. The molecule has 0 aliphatic heterocycles. The Labute approximate surface area is 68.5 Å². The Morgan fingerprint density at radius 1 is 1.70 bits per heavy atom. The van der Waals surface area contributed by atoms with Crippen LogP contribution in [0.25, 0.3) is 0 Å². The van der Waals surface area contributed by atoms with E-state index in [9.17, 15) is 0 Å². The average Bonchev–Trinajstić information content (AvgIpc) is 2.34. The van der Waals surface area contributed by atoms with Gasteiger partial charge in [-0.2, -0.15) is 0 Å². The van der Waals surface area contributed by atoms with Crippen LogP contribution >= 0.6 is 15.9 Å². The normalized spacial score (nSPS) is 13.5. The van der Waals surface area contributed by atoms with Gasteiger partial charge in [0.05, 0.1) is 6.04 Å². The fraction of sp³-hybridized carbons (Fsp3) is 0.429. The number of rotatable bonds is 2. The lowest BCUT2D eigenvalue weighted by Crippen LogP contribution is -2.06. The zero-order chi connectivity index (χ0) is 7.56. The second-order valence-corrected chi connectivity index (χ2v) is 2.94. The van der Waals surface area contributed by atoms with E-state index in [0.717, 1.165) is 16.9 Å². The van der Waals surface area contributed by atoms with E-state index in [-0.39, 0.29) is 6.04 Å². The minimum absolute atomic E-state index is 0.0336. The zero-order valence-corrected chi connectivity index (χ0v) is 7.39. The molecule has 0 aliphatic carbocycles. The van der Waals surface area contributed by atoms with Crippen LogP contribution < -0.4 is 5.73 Å². The third-order valence-corrected chi connectivity index (χ3v) is 1.83. The quantitative estimate of drug-likeness (QED) is 0.803. The third kappa shape index (κ3) is 1.61. The van der Waals surface area contributed by atoms with Crippen LogP contribution in [0.4, 0.5) is 0 Å². The second kappa shape index (κ2) is 3.21. The predicted molar refractivity (Wildman–Crippen MR) is 43.6 cm³/mol. The zero-order valence-electron chi connectivity index (χ0n) is 5.80. The highest BCUT2D eigenvalue weighted by atomic mass is 79.9. The van der Waals surface area contributed by atoms with Crippen molar-refractivity contribution in [1.29, 1.82) is 0 Å². The van der Waals surface area contributed by atoms with Gasteiger partial charge in [0, 0.05) is 0 Å². The lowest BCUT2D eigenvalue weighted by atomic mass is 10.2. The van der Waals surface area contributed by atoms with Crippen molar-refractivity contribution in [2.24, 2.45) is 5.73 Å². The molecule has 0 saturated carbocycles. The SMILES string of the molecule is CC[C@H](N)c1ccc(Br)o1. The van der Waals surface area contributed by atoms with E-state index in [1.165, 1.54) is 0 Å². The highest BCUT2D eigenvalue weighted by molar-refractivity contribution is 9.10. The number of hydrogen-bond acceptors (Lipinski definition) is 2. The van der Waals surface area contributed by atoms with Gasteiger partial charge in [0.1, 0.15) is 5.76 Å². The smallest absolute Gasteiger partial charge is 0.169 e. The standard InChI is InChI=1S/C7H10BrNO/c1-2-5(9)6-3-4-7(8)10-6/h3-5H,2,9H2,1H3/t5-/m0/s1. The molecular formula is C7H10BrNO. The summed E-state index contributed by atoms with van der Waals surface area (Å²) < 4.78 is 5.97. The van der Waals surface area contributed by atoms with Crippen molar-refractivity contribution in [3.05, 3.63) is 22.6 Å². The van der Waals surface area contributed by atoms with Gasteiger partial charge in [-0.15, -0.1) is 0 Å². The maximum absolute atomic E-state index is 5.69. The van der Waals surface area contributed by atoms with Crippen molar-refractivity contribution < 1.29 is 4.42 Å². The largest absolute Gasteiger partial charge is 0.453 e. The van der Waals surface area contributed by atoms with Crippen molar-refractivity contribution in [2.75, 3.05) is 0 Å². The molecule has 0 aromatic carbocycles. The maximum atomic E-state index is 5.69. The Kier molecular flexibility index (Phi) is 2.51. The average molecular weight is 204 g/mol. The van der Waals surface area contributed by atoms with Crippen LogP contribution in [0, 0.1) is 0 Å². The van der Waals surface area contributed by atoms with E-state index in [4.69, 9.17) is 10.2 Å². The number of hydrogen-bond donors (Lipinski definition) is 1. The minimum atomic E-state index is 0.0336. The van der Waals surface area contributed by atoms with Crippen molar-refractivity contribution in [3.8, 4) is 0 Å². The van der Waals surface area contributed by atoms with E-state index in [0.29, 0.717) is 0 Å². The minimum Gasteiger partial charge on any atom is -0.453 e. The monoisotopic (exact) mass is 203 g/mol. The molecule has 0 bridgehead atoms. The van der Waals surface area contributed by atoms with Crippen LogP contribution in [-0.4, -0.2) is 0 Å². The molecule has 0 radical (unpaired) electrons. The van der Waals surface area contributed by atoms with Crippen molar-refractivity contribution in [1.82, 2.24) is 0 Å². The summed E-state index contributed by atoms with van der Waals surface area (Å²) in [6.07, 6.45) is 0.903. The van der Waals surface area contributed by atoms with Gasteiger partial charge in [0.15, 0.2) is 4.67 Å². The summed E-state index contributed by atoms with van der Waals surface area (Å²) in [7, 11) is 0. The van der Waals surface area contributed by atoms with Gasteiger partial charge in [0.25, 0.3) is 0 Å². The molecule has 1 heterocycles. The van der Waals surface area contributed by atoms with Crippen LogP contribution in [0.2, 0.25) is 0 Å². The summed E-state index contributed by atoms with van der Waals surface area (Å²) in [5, 5.41) is 0. The first-order chi connectivity index (χ1) is 4.74. The Morgan fingerprint density at radius 2 is 2.40 bits per heavy atom. The Morgan fingerprint density at radius 3 is 2.80 bits per heavy atom. The molecule has 0 fully saturated rings. The summed E-state index contributed by atoms with van der Waals surface area (Å²) >= 11 is 3.21. The fourth-order valence-corrected chi connectivity index (χ4v) is 1.05. The van der Waals surface area contributed by atoms with E-state index in [1.807, 2.05) is 19.1 Å². The molecule has 10 heavy (non-hydrogen) atoms. The summed E-state index contributed by atoms with van der Waals surface area (Å²) in [6, 6.07) is 3.77. The lowest BCUT2D eigenvalue weighted by Gasteiger charge is -2.02. The van der Waals surface area contributed by atoms with E-state index < -0.39 is 0 Å². The topological polar surface area (TPSA) is 39.2 Å². The molecule has 1 atom stereocenters. The first-order valence-electron chi connectivity index (χ1n) is 3.25. The van der Waals surface area contributed by atoms with Crippen molar-refractivity contribution in [3.63, 3.8) is 0 Å². The number of furan rings is 1. The molecule has 2 nitrogen and oxygen atoms in total. The Balaban J connectivity index is 2.74. The van der Waals surface area contributed by atoms with Gasteiger partial charge in [-0.05, 0) is 34.5 Å². The molecule has 56 valence electrons. The first-order valence-corrected chi connectivity index (χ1v) is 4.04. The molecule has 1 rings (SSSR count). The predicted octanol–water partition coefficient (Wildman–Crippen LogP) is 2.45. The summed E-state index contributed by atoms with van der Waals surface area (Å²) in [4.78, 5) is 0. The second-order valence-electron chi connectivity index (χ2n) is 2.16. The molecule has 0 amide bonds. The third-order valence-electron chi connectivity index (χ3n) is 1.40. The molecule has 0 saturated heterocycles. The maximum Gasteiger partial charge on any atom is 0.169 e. The van der Waals surface area contributed by atoms with Crippen LogP contribution in [-0.2, 0) is 0 Å². The molecule has 1 aromatic rings. The van der Waals surface area contributed by atoms with Gasteiger partial charge in [0.2, 0.25) is 0 Å². The Hall–Kier alpha value is -0.280. The van der Waals surface area contributed by atoms with Gasteiger partial charge >= 0.3 is 0 Å². The molecule has 0 spiro atoms. The summed E-state index contributed by atoms with van der Waals surface area (Å²) in [5.41, 5.74) is 5.69. The number of halogens is 1. The van der Waals surface area contributed by atoms with Crippen LogP contribution in [0.5, 0.6) is 0 Å². The van der Waals surface area contributed by atoms with Crippen LogP contribution in [0.3, 0.4) is 0 Å². The highest BCUT2D eigenvalue weighted by Gasteiger charge is 2.06. The van der Waals surface area contributed by atoms with Crippen molar-refractivity contribution >= 4 is 15.9 Å². The van der Waals surface area contributed by atoms with E-state index in [2.05, 4.69) is 15.9 Å². The first kappa shape index (κ1) is 7.82. The molecule has 3 heteroatoms. The highest BCUT2D eigenvalue weighted by Crippen LogP contribution is 2.20. The number of nitrogens with two attached hydrogens (primary N) is 1. The van der Waals surface area contributed by atoms with Crippen LogP contribution in [0.1, 0.15) is 25.1 Å². The van der Waals surface area contributed by atoms with E-state index >= 15 is 0 Å². The lowest BCUT2D eigenvalue weighted by molar-refractivity contribution is 0.444. The fourth-order valence-electron chi connectivity index (χ4n) is 0.729. The van der Waals surface area contributed by atoms with Crippen molar-refractivity contribution in [2.45, 2.75) is 19.4 Å². The molecule has 0 aliphatic rings. The molecule has 0 unspecified atom stereocenters. The molecule has 1 aromatic heterocycles.